The molecular formula is C81H148N2O6P+. The number of hydrogen-bond acceptors (Lipinski definition) is 5. The highest BCUT2D eigenvalue weighted by Gasteiger charge is 2.28. The van der Waals surface area contributed by atoms with Crippen LogP contribution < -0.4 is 5.32 Å². The molecule has 8 nitrogen and oxygen atoms in total. The number of carbonyl (C=O) groups is 1. The van der Waals surface area contributed by atoms with Gasteiger partial charge in [-0.1, -0.05) is 367 Å². The van der Waals surface area contributed by atoms with Crippen molar-refractivity contribution in [3.05, 3.63) is 109 Å². The minimum atomic E-state index is -4.34. The lowest BCUT2D eigenvalue weighted by Crippen LogP contribution is -2.46. The summed E-state index contributed by atoms with van der Waals surface area (Å²) in [6.45, 7) is 4.81. The molecule has 0 saturated heterocycles. The number of nitrogens with zero attached hydrogens (tertiary/aromatic N) is 1. The summed E-state index contributed by atoms with van der Waals surface area (Å²) >= 11 is 0. The lowest BCUT2D eigenvalue weighted by atomic mass is 10.0. The number of aliphatic hydroxyl groups excluding tert-OH is 1. The number of hydrogen-bond donors (Lipinski definition) is 3. The van der Waals surface area contributed by atoms with E-state index < -0.39 is 20.0 Å². The molecule has 0 heterocycles. The molecule has 0 aliphatic carbocycles. The summed E-state index contributed by atoms with van der Waals surface area (Å²) in [7, 11) is 1.62. The maximum absolute atomic E-state index is 13.1. The third-order valence-electron chi connectivity index (χ3n) is 17.0. The van der Waals surface area contributed by atoms with Crippen LogP contribution in [0.15, 0.2) is 109 Å². The summed E-state index contributed by atoms with van der Waals surface area (Å²) in [4.78, 5) is 23.5. The number of quaternary nitrogens is 1. The molecular weight excluding hydrogens is 1130 g/mol. The quantitative estimate of drug-likeness (QED) is 0.0243. The van der Waals surface area contributed by atoms with E-state index in [1.165, 1.54) is 225 Å². The van der Waals surface area contributed by atoms with Crippen LogP contribution in [-0.2, 0) is 18.4 Å². The fraction of sp³-hybridized carbons (Fsp3) is 0.765. The maximum atomic E-state index is 13.1. The van der Waals surface area contributed by atoms with E-state index in [1.807, 2.05) is 21.1 Å². The van der Waals surface area contributed by atoms with Gasteiger partial charge in [0.15, 0.2) is 0 Å². The first kappa shape index (κ1) is 87.2. The SMILES string of the molecule is CC/C=C\C/C=C\C/C=C\C/C=C\C/C=C\C/C=C\C/C=C\C/C=C\C/C=C\CCCCCCCCCCCCCCCC(=O)NC(COP(=O)(O)OCC[N+](C)(C)C)C(O)CCCCCCCCCCCCCCCCCCCCCCCCCCCCC. The molecule has 3 unspecified atom stereocenters. The third kappa shape index (κ3) is 72.6. The molecule has 0 aliphatic rings. The number of phosphoric acid groups is 1. The van der Waals surface area contributed by atoms with Crippen LogP contribution in [-0.4, -0.2) is 73.4 Å². The first-order valence-corrected chi connectivity index (χ1v) is 39.7. The molecule has 0 rings (SSSR count). The number of rotatable bonds is 70. The molecule has 0 aromatic rings. The number of aliphatic hydroxyl groups is 1. The Labute approximate surface area is 559 Å². The molecule has 0 aromatic carbocycles. The predicted octanol–water partition coefficient (Wildman–Crippen LogP) is 25.0. The molecule has 3 N–H and O–H groups in total. The average Bonchev–Trinajstić information content (AvgIpc) is 3.09. The Morgan fingerprint density at radius 2 is 0.667 bits per heavy atom. The Bertz CT molecular complexity index is 1840. The van der Waals surface area contributed by atoms with Crippen LogP contribution in [0.3, 0.4) is 0 Å². The molecule has 90 heavy (non-hydrogen) atoms. The van der Waals surface area contributed by atoms with Crippen molar-refractivity contribution in [1.29, 1.82) is 0 Å². The van der Waals surface area contributed by atoms with Crippen molar-refractivity contribution in [3.63, 3.8) is 0 Å². The van der Waals surface area contributed by atoms with Gasteiger partial charge in [-0.05, 0) is 83.5 Å². The average molecular weight is 1280 g/mol. The van der Waals surface area contributed by atoms with E-state index in [0.29, 0.717) is 23.9 Å². The van der Waals surface area contributed by atoms with Crippen LogP contribution in [0.25, 0.3) is 0 Å². The van der Waals surface area contributed by atoms with Gasteiger partial charge in [-0.3, -0.25) is 13.8 Å². The highest BCUT2D eigenvalue weighted by Crippen LogP contribution is 2.43. The van der Waals surface area contributed by atoms with Crippen molar-refractivity contribution in [2.45, 2.75) is 360 Å². The Hall–Kier alpha value is -2.84. The number of allylic oxidation sites excluding steroid dienone is 18. The second-order valence-corrected chi connectivity index (χ2v) is 28.5. The maximum Gasteiger partial charge on any atom is 0.472 e. The van der Waals surface area contributed by atoms with E-state index in [4.69, 9.17) is 9.05 Å². The van der Waals surface area contributed by atoms with Crippen molar-refractivity contribution in [3.8, 4) is 0 Å². The van der Waals surface area contributed by atoms with Gasteiger partial charge in [0.25, 0.3) is 0 Å². The van der Waals surface area contributed by atoms with Gasteiger partial charge in [0, 0.05) is 6.42 Å². The number of nitrogens with one attached hydrogen (secondary N) is 1. The highest BCUT2D eigenvalue weighted by molar-refractivity contribution is 7.47. The summed E-state index contributed by atoms with van der Waals surface area (Å²) < 4.78 is 23.9. The van der Waals surface area contributed by atoms with Crippen molar-refractivity contribution in [2.24, 2.45) is 0 Å². The topological polar surface area (TPSA) is 105 Å². The van der Waals surface area contributed by atoms with Gasteiger partial charge in [0.2, 0.25) is 5.91 Å². The molecule has 3 atom stereocenters. The molecule has 0 saturated carbocycles. The van der Waals surface area contributed by atoms with Crippen molar-refractivity contribution < 1.29 is 32.9 Å². The highest BCUT2D eigenvalue weighted by atomic mass is 31.2. The molecule has 1 amide bonds. The standard InChI is InChI=1S/C81H147N2O6P/c1-6-8-10-12-14-16-18-20-22-24-26-28-30-32-34-35-36-37-38-39-40-41-42-43-44-45-46-47-49-51-53-55-57-59-61-63-65-67-69-71-73-75-81(85)82-79(78-89-90(86,87)88-77-76-83(3,4)5)80(84)74-72-70-68-66-64-62-60-58-56-54-52-50-48-33-31-29-27-25-23-21-19-17-15-13-11-9-7-2/h8,10,14,16,20,22,26,28,32,34,36-37,39-40,42-43,45-46,79-80,84H,6-7,9,11-13,15,17-19,21,23-25,27,29-31,33,35,38,41,44,47-78H2,1-5H3,(H-,82,85,86,87)/p+1/b10-8-,16-14-,22-20-,28-26-,34-32-,37-36-,40-39-,43-42-,46-45-. The van der Waals surface area contributed by atoms with Crippen LogP contribution in [0.2, 0.25) is 0 Å². The van der Waals surface area contributed by atoms with E-state index in [0.717, 1.165) is 96.3 Å². The van der Waals surface area contributed by atoms with Crippen LogP contribution in [0.1, 0.15) is 348 Å². The van der Waals surface area contributed by atoms with E-state index in [2.05, 4.69) is 129 Å². The van der Waals surface area contributed by atoms with Crippen LogP contribution in [0, 0.1) is 0 Å². The second kappa shape index (κ2) is 70.5. The first-order chi connectivity index (χ1) is 44.0. The Morgan fingerprint density at radius 1 is 0.389 bits per heavy atom. The molecule has 0 fully saturated rings. The Kier molecular flexibility index (Phi) is 68.3. The number of unbranched alkanes of at least 4 members (excludes halogenated alkanes) is 39. The lowest BCUT2D eigenvalue weighted by Gasteiger charge is -2.26. The van der Waals surface area contributed by atoms with E-state index in [-0.39, 0.29) is 19.1 Å². The zero-order chi connectivity index (χ0) is 65.5. The summed E-state index contributed by atoms with van der Waals surface area (Å²) in [6.07, 6.45) is 103. The normalized spacial score (nSPS) is 14.2. The smallest absolute Gasteiger partial charge is 0.391 e. The van der Waals surface area contributed by atoms with Gasteiger partial charge in [-0.25, -0.2) is 4.57 Å². The van der Waals surface area contributed by atoms with E-state index in [9.17, 15) is 19.4 Å². The zero-order valence-corrected chi connectivity index (χ0v) is 60.8. The number of carbonyl (C=O) groups excluding carboxylic acids is 1. The fourth-order valence-corrected chi connectivity index (χ4v) is 11.9. The fourth-order valence-electron chi connectivity index (χ4n) is 11.2. The number of amides is 1. The molecule has 0 spiro atoms. The molecule has 0 aliphatic heterocycles. The minimum absolute atomic E-state index is 0.0718. The second-order valence-electron chi connectivity index (χ2n) is 27.0. The Balaban J connectivity index is 4.01. The summed E-state index contributed by atoms with van der Waals surface area (Å²) in [5.41, 5.74) is 0. The molecule has 0 aromatic heterocycles. The summed E-state index contributed by atoms with van der Waals surface area (Å²) in [5.74, 6) is -0.144. The predicted molar refractivity (Wildman–Crippen MR) is 396 cm³/mol. The van der Waals surface area contributed by atoms with E-state index >= 15 is 0 Å². The molecule has 522 valence electrons. The monoisotopic (exact) mass is 1280 g/mol. The van der Waals surface area contributed by atoms with Gasteiger partial charge >= 0.3 is 7.82 Å². The van der Waals surface area contributed by atoms with Gasteiger partial charge in [-0.2, -0.15) is 0 Å². The first-order valence-electron chi connectivity index (χ1n) is 38.3. The van der Waals surface area contributed by atoms with Gasteiger partial charge in [0.1, 0.15) is 13.2 Å². The summed E-state index contributed by atoms with van der Waals surface area (Å²) in [6, 6.07) is -0.769. The van der Waals surface area contributed by atoms with E-state index in [1.54, 1.807) is 0 Å². The zero-order valence-electron chi connectivity index (χ0n) is 59.9. The summed E-state index contributed by atoms with van der Waals surface area (Å²) in [5, 5.41) is 14.2. The van der Waals surface area contributed by atoms with Gasteiger partial charge < -0.3 is 19.8 Å². The van der Waals surface area contributed by atoms with Crippen molar-refractivity contribution >= 4 is 13.7 Å². The molecule has 0 radical (unpaired) electrons. The van der Waals surface area contributed by atoms with Crippen LogP contribution in [0.4, 0.5) is 0 Å². The lowest BCUT2D eigenvalue weighted by molar-refractivity contribution is -0.870. The molecule has 9 heteroatoms. The van der Waals surface area contributed by atoms with Gasteiger partial charge in [-0.15, -0.1) is 0 Å². The number of phosphoric ester groups is 1. The number of likely N-dealkylation sites (N-methyl/N-ethyl adjacent to an activating group) is 1. The van der Waals surface area contributed by atoms with Gasteiger partial charge in [0.05, 0.1) is 39.9 Å². The van der Waals surface area contributed by atoms with Crippen LogP contribution >= 0.6 is 7.82 Å². The third-order valence-corrected chi connectivity index (χ3v) is 18.0. The molecule has 0 bridgehead atoms. The largest absolute Gasteiger partial charge is 0.472 e. The Morgan fingerprint density at radius 3 is 0.978 bits per heavy atom. The van der Waals surface area contributed by atoms with Crippen LogP contribution in [0.5, 0.6) is 0 Å². The van der Waals surface area contributed by atoms with Crippen molar-refractivity contribution in [1.82, 2.24) is 5.32 Å². The minimum Gasteiger partial charge on any atom is -0.391 e. The van der Waals surface area contributed by atoms with Crippen molar-refractivity contribution in [2.75, 3.05) is 40.9 Å².